The lowest BCUT2D eigenvalue weighted by Gasteiger charge is -2.15. The first kappa shape index (κ1) is 16.1. The molecule has 0 bridgehead atoms. The monoisotopic (exact) mass is 305 g/mol. The summed E-state index contributed by atoms with van der Waals surface area (Å²) < 4.78 is 0. The number of rotatable bonds is 6. The van der Waals surface area contributed by atoms with Crippen LogP contribution in [-0.4, -0.2) is 35.0 Å². The third-order valence-corrected chi connectivity index (χ3v) is 3.34. The molecular weight excluding hydrogens is 286 g/mol. The van der Waals surface area contributed by atoms with E-state index in [-0.39, 0.29) is 24.7 Å². The molecule has 7 heteroatoms. The lowest BCUT2D eigenvalue weighted by molar-refractivity contribution is -0.123. The number of anilines is 1. The van der Waals surface area contributed by atoms with Crippen molar-refractivity contribution in [3.63, 3.8) is 0 Å². The molecule has 1 heterocycles. The van der Waals surface area contributed by atoms with Crippen LogP contribution in [0, 0.1) is 0 Å². The summed E-state index contributed by atoms with van der Waals surface area (Å²) in [7, 11) is 0. The van der Waals surface area contributed by atoms with Crippen molar-refractivity contribution in [2.75, 3.05) is 4.90 Å². The molecule has 7 nitrogen and oxygen atoms in total. The van der Waals surface area contributed by atoms with Gasteiger partial charge in [0.25, 0.3) is 5.91 Å². The third kappa shape index (κ3) is 3.90. The number of hydrogen-bond acceptors (Lipinski definition) is 5. The highest BCUT2D eigenvalue weighted by atomic mass is 16.3. The number of nitrogens with zero attached hydrogens (tertiary/aromatic N) is 1. The van der Waals surface area contributed by atoms with Crippen LogP contribution >= 0.6 is 0 Å². The number of carbonyl (C=O) groups is 3. The second-order valence-electron chi connectivity index (χ2n) is 5.24. The fourth-order valence-electron chi connectivity index (χ4n) is 2.16. The van der Waals surface area contributed by atoms with Crippen molar-refractivity contribution in [3.8, 4) is 0 Å². The number of para-hydroxylation sites is 1. The zero-order valence-electron chi connectivity index (χ0n) is 12.3. The van der Waals surface area contributed by atoms with Crippen molar-refractivity contribution >= 4 is 23.4 Å². The number of nitrogens with one attached hydrogen (secondary N) is 2. The number of hydrazine groups is 1. The van der Waals surface area contributed by atoms with Crippen LogP contribution < -0.4 is 15.8 Å². The first-order valence-electron chi connectivity index (χ1n) is 7.13. The fourth-order valence-corrected chi connectivity index (χ4v) is 2.16. The van der Waals surface area contributed by atoms with Crippen LogP contribution in [0.5, 0.6) is 0 Å². The minimum absolute atomic E-state index is 0.00951. The minimum atomic E-state index is -0.775. The normalized spacial score (nSPS) is 19.4. The van der Waals surface area contributed by atoms with E-state index in [1.807, 2.05) is 0 Å². The Kier molecular flexibility index (Phi) is 5.24. The Morgan fingerprint density at radius 3 is 2.68 bits per heavy atom. The van der Waals surface area contributed by atoms with E-state index in [9.17, 15) is 14.4 Å². The maximum absolute atomic E-state index is 12.2. The maximum Gasteiger partial charge on any atom is 0.253 e. The molecule has 1 aliphatic rings. The van der Waals surface area contributed by atoms with Crippen molar-refractivity contribution in [2.45, 2.75) is 38.3 Å². The van der Waals surface area contributed by atoms with Crippen molar-refractivity contribution in [1.82, 2.24) is 10.9 Å². The van der Waals surface area contributed by atoms with E-state index >= 15 is 0 Å². The van der Waals surface area contributed by atoms with E-state index in [0.29, 0.717) is 12.1 Å². The van der Waals surface area contributed by atoms with Crippen LogP contribution in [0.3, 0.4) is 0 Å². The Hall–Kier alpha value is -2.25. The number of benzene rings is 1. The maximum atomic E-state index is 12.2. The van der Waals surface area contributed by atoms with Gasteiger partial charge in [0.15, 0.2) is 0 Å². The van der Waals surface area contributed by atoms with Crippen LogP contribution in [0.15, 0.2) is 30.3 Å². The quantitative estimate of drug-likeness (QED) is 0.511. The van der Waals surface area contributed by atoms with Gasteiger partial charge in [0, 0.05) is 6.42 Å². The predicted octanol–water partition coefficient (Wildman–Crippen LogP) is 0.100. The van der Waals surface area contributed by atoms with Gasteiger partial charge in [-0.05, 0) is 25.5 Å². The fraction of sp³-hybridized carbons (Fsp3) is 0.400. The van der Waals surface area contributed by atoms with Crippen LogP contribution in [0.4, 0.5) is 5.69 Å². The van der Waals surface area contributed by atoms with Crippen molar-refractivity contribution in [3.05, 3.63) is 30.3 Å². The topological polar surface area (TPSA) is 98.7 Å². The molecule has 2 atom stereocenters. The highest BCUT2D eigenvalue weighted by molar-refractivity contribution is 6.22. The number of imide groups is 1. The molecule has 0 aromatic heterocycles. The molecule has 0 aliphatic carbocycles. The van der Waals surface area contributed by atoms with Gasteiger partial charge in [-0.15, -0.1) is 0 Å². The summed E-state index contributed by atoms with van der Waals surface area (Å²) in [5, 5.41) is 9.11. The predicted molar refractivity (Wildman–Crippen MR) is 79.5 cm³/mol. The summed E-state index contributed by atoms with van der Waals surface area (Å²) in [5.41, 5.74) is 5.51. The zero-order chi connectivity index (χ0) is 16.1. The highest BCUT2D eigenvalue weighted by Crippen LogP contribution is 2.21. The smallest absolute Gasteiger partial charge is 0.253 e. The molecule has 0 radical (unpaired) electrons. The number of aliphatic hydroxyl groups excluding tert-OH is 1. The van der Waals surface area contributed by atoms with E-state index in [4.69, 9.17) is 5.11 Å². The lowest BCUT2D eigenvalue weighted by atomic mass is 10.2. The Bertz CT molecular complexity index is 559. The molecule has 2 rings (SSSR count). The van der Waals surface area contributed by atoms with Crippen molar-refractivity contribution < 1.29 is 19.5 Å². The van der Waals surface area contributed by atoms with Crippen molar-refractivity contribution in [1.29, 1.82) is 0 Å². The summed E-state index contributed by atoms with van der Waals surface area (Å²) in [6, 6.07) is 7.87. The molecule has 3 amide bonds. The van der Waals surface area contributed by atoms with Gasteiger partial charge in [-0.25, -0.2) is 10.3 Å². The number of hydrogen-bond donors (Lipinski definition) is 3. The second-order valence-corrected chi connectivity index (χ2v) is 5.24. The van der Waals surface area contributed by atoms with E-state index in [1.165, 1.54) is 0 Å². The molecular formula is C15H19N3O4. The molecule has 118 valence electrons. The molecule has 0 unspecified atom stereocenters. The Balaban J connectivity index is 1.91. The largest absolute Gasteiger partial charge is 0.393 e. The summed E-state index contributed by atoms with van der Waals surface area (Å²) >= 11 is 0. The standard InChI is InChI=1S/C15H19N3O4/c1-10(19)7-8-13(20)17-16-12-9-14(21)18(15(12)22)11-5-3-2-4-6-11/h2-6,10,12,16,19H,7-9H2,1H3,(H,17,20)/t10-,12-/m0/s1. The van der Waals surface area contributed by atoms with Crippen LogP contribution in [0.1, 0.15) is 26.2 Å². The van der Waals surface area contributed by atoms with Crippen LogP contribution in [0.2, 0.25) is 0 Å². The Labute approximate surface area is 128 Å². The van der Waals surface area contributed by atoms with Gasteiger partial charge in [0.1, 0.15) is 6.04 Å². The SMILES string of the molecule is C[C@H](O)CCC(=O)NN[C@H]1CC(=O)N(c2ccccc2)C1=O. The summed E-state index contributed by atoms with van der Waals surface area (Å²) in [5.74, 6) is -1.04. The molecule has 1 aromatic rings. The van der Waals surface area contributed by atoms with E-state index in [2.05, 4.69) is 10.9 Å². The Morgan fingerprint density at radius 2 is 2.05 bits per heavy atom. The molecule has 22 heavy (non-hydrogen) atoms. The number of carbonyl (C=O) groups excluding carboxylic acids is 3. The third-order valence-electron chi connectivity index (χ3n) is 3.34. The van der Waals surface area contributed by atoms with Gasteiger partial charge < -0.3 is 5.11 Å². The van der Waals surface area contributed by atoms with Gasteiger partial charge in [-0.2, -0.15) is 0 Å². The van der Waals surface area contributed by atoms with Crippen LogP contribution in [-0.2, 0) is 14.4 Å². The van der Waals surface area contributed by atoms with Gasteiger partial charge in [0.2, 0.25) is 11.8 Å². The summed E-state index contributed by atoms with van der Waals surface area (Å²) in [6.07, 6.45) is -0.0953. The number of aliphatic hydroxyl groups is 1. The average molecular weight is 305 g/mol. The first-order chi connectivity index (χ1) is 10.5. The van der Waals surface area contributed by atoms with Gasteiger partial charge in [0.05, 0.1) is 18.2 Å². The molecule has 1 aliphatic heterocycles. The van der Waals surface area contributed by atoms with Crippen molar-refractivity contribution in [2.24, 2.45) is 0 Å². The van der Waals surface area contributed by atoms with E-state index in [1.54, 1.807) is 37.3 Å². The average Bonchev–Trinajstić information content (AvgIpc) is 2.78. The van der Waals surface area contributed by atoms with Crippen LogP contribution in [0.25, 0.3) is 0 Å². The first-order valence-corrected chi connectivity index (χ1v) is 7.13. The Morgan fingerprint density at radius 1 is 1.36 bits per heavy atom. The summed E-state index contributed by atoms with van der Waals surface area (Å²) in [4.78, 5) is 36.9. The van der Waals surface area contributed by atoms with E-state index < -0.39 is 18.1 Å². The molecule has 3 N–H and O–H groups in total. The molecule has 1 saturated heterocycles. The van der Waals surface area contributed by atoms with E-state index in [0.717, 1.165) is 4.90 Å². The molecule has 0 saturated carbocycles. The van der Waals surface area contributed by atoms with Gasteiger partial charge in [-0.1, -0.05) is 18.2 Å². The van der Waals surface area contributed by atoms with Gasteiger partial charge >= 0.3 is 0 Å². The summed E-state index contributed by atoms with van der Waals surface area (Å²) in [6.45, 7) is 1.59. The highest BCUT2D eigenvalue weighted by Gasteiger charge is 2.39. The second kappa shape index (κ2) is 7.15. The minimum Gasteiger partial charge on any atom is -0.393 e. The zero-order valence-corrected chi connectivity index (χ0v) is 12.3. The molecule has 1 fully saturated rings. The number of amides is 3. The molecule has 1 aromatic carbocycles. The molecule has 0 spiro atoms. The lowest BCUT2D eigenvalue weighted by Crippen LogP contribution is -2.48. The van der Waals surface area contributed by atoms with Gasteiger partial charge in [-0.3, -0.25) is 19.8 Å².